The normalized spacial score (nSPS) is 12.6. The van der Waals surface area contributed by atoms with Crippen molar-refractivity contribution < 1.29 is 8.42 Å². The zero-order valence-corrected chi connectivity index (χ0v) is 11.7. The number of sulfonamides is 1. The molecule has 0 unspecified atom stereocenters. The molecule has 0 bridgehead atoms. The zero-order valence-electron chi connectivity index (χ0n) is 9.34. The zero-order chi connectivity index (χ0) is 12.3. The summed E-state index contributed by atoms with van der Waals surface area (Å²) in [5.74, 6) is 0. The van der Waals surface area contributed by atoms with E-state index in [1.165, 1.54) is 10.5 Å². The van der Waals surface area contributed by atoms with Gasteiger partial charge in [-0.15, -0.1) is 0 Å². The number of thiazole rings is 1. The number of halogens is 1. The second kappa shape index (κ2) is 5.42. The summed E-state index contributed by atoms with van der Waals surface area (Å²) < 4.78 is 25.7. The van der Waals surface area contributed by atoms with Gasteiger partial charge in [0.25, 0.3) is 10.0 Å². The van der Waals surface area contributed by atoms with E-state index in [2.05, 4.69) is 4.98 Å². The second-order valence-electron chi connectivity index (χ2n) is 3.56. The lowest BCUT2D eigenvalue weighted by Crippen LogP contribution is -2.33. The largest absolute Gasteiger partial charge is 0.308 e. The molecule has 1 aromatic heterocycles. The third-order valence-electron chi connectivity index (χ3n) is 1.98. The van der Waals surface area contributed by atoms with Crippen LogP contribution in [0.1, 0.15) is 0 Å². The van der Waals surface area contributed by atoms with Crippen molar-refractivity contribution >= 4 is 33.0 Å². The Morgan fingerprint density at radius 3 is 2.44 bits per heavy atom. The molecule has 0 aliphatic carbocycles. The van der Waals surface area contributed by atoms with Gasteiger partial charge in [0.05, 0.1) is 6.20 Å². The first kappa shape index (κ1) is 13.9. The van der Waals surface area contributed by atoms with Gasteiger partial charge in [0.15, 0.2) is 8.68 Å². The fourth-order valence-corrected chi connectivity index (χ4v) is 3.64. The van der Waals surface area contributed by atoms with Gasteiger partial charge in [-0.25, -0.2) is 13.4 Å². The van der Waals surface area contributed by atoms with Gasteiger partial charge >= 0.3 is 0 Å². The van der Waals surface area contributed by atoms with Crippen LogP contribution < -0.4 is 0 Å². The van der Waals surface area contributed by atoms with Crippen LogP contribution in [0.25, 0.3) is 0 Å². The van der Waals surface area contributed by atoms with Gasteiger partial charge in [0, 0.05) is 20.1 Å². The smallest absolute Gasteiger partial charge is 0.254 e. The maximum atomic E-state index is 12.0. The fraction of sp³-hybridized carbons (Fsp3) is 0.625. The summed E-state index contributed by atoms with van der Waals surface area (Å²) in [6.07, 6.45) is 1.29. The molecule has 0 aromatic carbocycles. The summed E-state index contributed by atoms with van der Waals surface area (Å²) in [4.78, 5) is 5.65. The standard InChI is InChI=1S/C8H14ClN3O2S2/c1-11(2)4-5-12(3)16(13,14)7-6-10-8(9)15-7/h6H,4-5H2,1-3H3. The molecule has 1 heterocycles. The van der Waals surface area contributed by atoms with Gasteiger partial charge in [0.1, 0.15) is 0 Å². The molecule has 0 atom stereocenters. The highest BCUT2D eigenvalue weighted by Crippen LogP contribution is 2.24. The van der Waals surface area contributed by atoms with Crippen LogP contribution in [-0.4, -0.2) is 56.8 Å². The molecule has 8 heteroatoms. The fourth-order valence-electron chi connectivity index (χ4n) is 0.973. The van der Waals surface area contributed by atoms with Crippen molar-refractivity contribution in [2.24, 2.45) is 0 Å². The Morgan fingerprint density at radius 1 is 1.38 bits per heavy atom. The lowest BCUT2D eigenvalue weighted by molar-refractivity contribution is 0.359. The van der Waals surface area contributed by atoms with Crippen LogP contribution in [0.5, 0.6) is 0 Å². The van der Waals surface area contributed by atoms with E-state index in [1.807, 2.05) is 19.0 Å². The Hall–Kier alpha value is -0.210. The molecule has 0 radical (unpaired) electrons. The Labute approximate surface area is 105 Å². The number of hydrogen-bond donors (Lipinski definition) is 0. The van der Waals surface area contributed by atoms with E-state index in [9.17, 15) is 8.42 Å². The van der Waals surface area contributed by atoms with Crippen molar-refractivity contribution in [2.75, 3.05) is 34.2 Å². The third-order valence-corrected chi connectivity index (χ3v) is 5.39. The highest BCUT2D eigenvalue weighted by atomic mass is 35.5. The number of rotatable bonds is 5. The summed E-state index contributed by atoms with van der Waals surface area (Å²) in [6, 6.07) is 0. The van der Waals surface area contributed by atoms with Gasteiger partial charge in [-0.3, -0.25) is 0 Å². The molecular weight excluding hydrogens is 270 g/mol. The van der Waals surface area contributed by atoms with E-state index in [4.69, 9.17) is 11.6 Å². The summed E-state index contributed by atoms with van der Waals surface area (Å²) in [5, 5.41) is 0. The van der Waals surface area contributed by atoms with Crippen molar-refractivity contribution in [1.29, 1.82) is 0 Å². The van der Waals surface area contributed by atoms with Crippen LogP contribution in [0.4, 0.5) is 0 Å². The Balaban J connectivity index is 2.78. The van der Waals surface area contributed by atoms with Crippen molar-refractivity contribution in [1.82, 2.24) is 14.2 Å². The molecule has 92 valence electrons. The lowest BCUT2D eigenvalue weighted by Gasteiger charge is -2.18. The van der Waals surface area contributed by atoms with Crippen molar-refractivity contribution in [3.63, 3.8) is 0 Å². The number of likely N-dealkylation sites (N-methyl/N-ethyl adjacent to an activating group) is 2. The predicted octanol–water partition coefficient (Wildman–Crippen LogP) is 0.979. The maximum Gasteiger partial charge on any atom is 0.254 e. The third kappa shape index (κ3) is 3.39. The van der Waals surface area contributed by atoms with E-state index in [0.717, 1.165) is 11.3 Å². The van der Waals surface area contributed by atoms with Crippen molar-refractivity contribution in [3.05, 3.63) is 10.7 Å². The van der Waals surface area contributed by atoms with Gasteiger partial charge in [-0.2, -0.15) is 4.31 Å². The average molecular weight is 284 g/mol. The summed E-state index contributed by atoms with van der Waals surface area (Å²) >= 11 is 6.58. The monoisotopic (exact) mass is 283 g/mol. The highest BCUT2D eigenvalue weighted by Gasteiger charge is 2.23. The van der Waals surface area contributed by atoms with Gasteiger partial charge in [-0.1, -0.05) is 22.9 Å². The van der Waals surface area contributed by atoms with Crippen LogP contribution in [0.15, 0.2) is 10.4 Å². The van der Waals surface area contributed by atoms with Crippen LogP contribution in [0.2, 0.25) is 4.47 Å². The minimum absolute atomic E-state index is 0.179. The Bertz CT molecular complexity index is 444. The lowest BCUT2D eigenvalue weighted by atomic mass is 10.6. The van der Waals surface area contributed by atoms with Crippen LogP contribution in [-0.2, 0) is 10.0 Å². The molecule has 1 aromatic rings. The van der Waals surface area contributed by atoms with Gasteiger partial charge < -0.3 is 4.90 Å². The average Bonchev–Trinajstić information content (AvgIpc) is 2.61. The Kier molecular flexibility index (Phi) is 4.69. The molecule has 0 aliphatic rings. The summed E-state index contributed by atoms with van der Waals surface area (Å²) in [6.45, 7) is 1.10. The van der Waals surface area contributed by atoms with E-state index < -0.39 is 10.0 Å². The first-order chi connectivity index (χ1) is 7.34. The minimum Gasteiger partial charge on any atom is -0.308 e. The molecule has 0 saturated carbocycles. The second-order valence-corrected chi connectivity index (χ2v) is 7.45. The predicted molar refractivity (Wildman–Crippen MR) is 65.5 cm³/mol. The van der Waals surface area contributed by atoms with Crippen LogP contribution in [0.3, 0.4) is 0 Å². The Morgan fingerprint density at radius 2 is 2.00 bits per heavy atom. The molecule has 0 amide bonds. The topological polar surface area (TPSA) is 53.5 Å². The highest BCUT2D eigenvalue weighted by molar-refractivity contribution is 7.91. The van der Waals surface area contributed by atoms with Crippen molar-refractivity contribution in [3.8, 4) is 0 Å². The number of aromatic nitrogens is 1. The first-order valence-electron chi connectivity index (χ1n) is 4.56. The molecule has 0 spiro atoms. The number of nitrogens with zero attached hydrogens (tertiary/aromatic N) is 3. The number of hydrogen-bond acceptors (Lipinski definition) is 5. The van der Waals surface area contributed by atoms with E-state index >= 15 is 0 Å². The quantitative estimate of drug-likeness (QED) is 0.808. The van der Waals surface area contributed by atoms with Gasteiger partial charge in [0.2, 0.25) is 0 Å². The summed E-state index contributed by atoms with van der Waals surface area (Å²) in [5.41, 5.74) is 0. The molecular formula is C8H14ClN3O2S2. The van der Waals surface area contributed by atoms with Crippen molar-refractivity contribution in [2.45, 2.75) is 4.21 Å². The molecule has 0 aliphatic heterocycles. The molecule has 5 nitrogen and oxygen atoms in total. The molecule has 0 N–H and O–H groups in total. The van der Waals surface area contributed by atoms with E-state index in [0.29, 0.717) is 13.1 Å². The molecule has 1 rings (SSSR count). The van der Waals surface area contributed by atoms with Gasteiger partial charge in [-0.05, 0) is 14.1 Å². The molecule has 0 fully saturated rings. The summed E-state index contributed by atoms with van der Waals surface area (Å²) in [7, 11) is 1.90. The van der Waals surface area contributed by atoms with E-state index in [1.54, 1.807) is 7.05 Å². The van der Waals surface area contributed by atoms with E-state index in [-0.39, 0.29) is 8.68 Å². The first-order valence-corrected chi connectivity index (χ1v) is 7.20. The molecule has 0 saturated heterocycles. The van der Waals surface area contributed by atoms with Crippen LogP contribution >= 0.6 is 22.9 Å². The SMILES string of the molecule is CN(C)CCN(C)S(=O)(=O)c1cnc(Cl)s1. The van der Waals surface area contributed by atoms with Crippen LogP contribution in [0, 0.1) is 0 Å². The maximum absolute atomic E-state index is 12.0. The molecule has 16 heavy (non-hydrogen) atoms. The minimum atomic E-state index is -3.44.